The number of rotatable bonds is 2. The summed E-state index contributed by atoms with van der Waals surface area (Å²) in [5, 5.41) is 13.6. The van der Waals surface area contributed by atoms with Gasteiger partial charge in [0.2, 0.25) is 10.9 Å². The molecular weight excluding hydrogens is 234 g/mol. The fraction of sp³-hybridized carbons (Fsp3) is 0. The molecule has 0 saturated heterocycles. The summed E-state index contributed by atoms with van der Waals surface area (Å²) in [7, 11) is -4.07. The molecule has 1 aromatic heterocycles. The number of primary sulfonamides is 1. The van der Waals surface area contributed by atoms with Crippen molar-refractivity contribution in [3.05, 3.63) is 30.0 Å². The largest absolute Gasteiger partial charge is 0.475 e. The van der Waals surface area contributed by atoms with Crippen LogP contribution in [-0.2, 0) is 10.0 Å². The number of benzene rings is 1. The van der Waals surface area contributed by atoms with Crippen molar-refractivity contribution in [1.82, 2.24) is 0 Å². The first-order valence-electron chi connectivity index (χ1n) is 4.19. The van der Waals surface area contributed by atoms with Crippen LogP contribution in [0.2, 0.25) is 0 Å². The normalized spacial score (nSPS) is 11.8. The number of hydrogen-bond acceptors (Lipinski definition) is 4. The second-order valence-electron chi connectivity index (χ2n) is 3.11. The monoisotopic (exact) mass is 241 g/mol. The molecule has 2 aromatic rings. The molecule has 0 amide bonds. The first-order valence-corrected chi connectivity index (χ1v) is 5.73. The molecule has 0 aliphatic carbocycles. The summed E-state index contributed by atoms with van der Waals surface area (Å²) in [4.78, 5) is 10.8. The van der Waals surface area contributed by atoms with Crippen molar-refractivity contribution in [3.63, 3.8) is 0 Å². The molecule has 3 N–H and O–H groups in total. The quantitative estimate of drug-likeness (QED) is 0.807. The van der Waals surface area contributed by atoms with E-state index >= 15 is 0 Å². The number of furan rings is 1. The average Bonchev–Trinajstić information content (AvgIpc) is 2.56. The van der Waals surface area contributed by atoms with Gasteiger partial charge in [0.1, 0.15) is 0 Å². The minimum atomic E-state index is -4.07. The fourth-order valence-corrected chi connectivity index (χ4v) is 2.12. The van der Waals surface area contributed by atoms with Crippen molar-refractivity contribution in [2.24, 2.45) is 5.14 Å². The minimum absolute atomic E-state index is 0.169. The van der Waals surface area contributed by atoms with Gasteiger partial charge in [0, 0.05) is 10.8 Å². The first kappa shape index (κ1) is 10.7. The van der Waals surface area contributed by atoms with Crippen molar-refractivity contribution in [1.29, 1.82) is 0 Å². The van der Waals surface area contributed by atoms with Crippen LogP contribution in [0, 0.1) is 0 Å². The number of aromatic carboxylic acids is 1. The molecule has 84 valence electrons. The van der Waals surface area contributed by atoms with E-state index in [2.05, 4.69) is 0 Å². The molecule has 0 radical (unpaired) electrons. The Hall–Kier alpha value is -1.86. The van der Waals surface area contributed by atoms with Gasteiger partial charge in [-0.2, -0.15) is 0 Å². The van der Waals surface area contributed by atoms with E-state index < -0.39 is 26.8 Å². The smallest absolute Gasteiger partial charge is 0.372 e. The van der Waals surface area contributed by atoms with Crippen LogP contribution in [0.4, 0.5) is 0 Å². The average molecular weight is 241 g/mol. The van der Waals surface area contributed by atoms with E-state index in [9.17, 15) is 13.2 Å². The van der Waals surface area contributed by atoms with E-state index in [1.807, 2.05) is 0 Å². The van der Waals surface area contributed by atoms with Gasteiger partial charge in [0.15, 0.2) is 0 Å². The number of carboxylic acids is 1. The van der Waals surface area contributed by atoms with Crippen molar-refractivity contribution in [3.8, 4) is 0 Å². The van der Waals surface area contributed by atoms with Crippen LogP contribution in [0.25, 0.3) is 10.8 Å². The summed E-state index contributed by atoms with van der Waals surface area (Å²) >= 11 is 0. The van der Waals surface area contributed by atoms with Crippen molar-refractivity contribution in [2.75, 3.05) is 0 Å². The van der Waals surface area contributed by atoms with Gasteiger partial charge in [-0.25, -0.2) is 18.4 Å². The maximum atomic E-state index is 11.2. The summed E-state index contributed by atoms with van der Waals surface area (Å²) in [6, 6.07) is 6.04. The zero-order valence-electron chi connectivity index (χ0n) is 7.88. The Kier molecular flexibility index (Phi) is 2.21. The second-order valence-corrected chi connectivity index (χ2v) is 4.58. The zero-order chi connectivity index (χ0) is 11.9. The molecule has 0 spiro atoms. The lowest BCUT2D eigenvalue weighted by Crippen LogP contribution is -2.11. The minimum Gasteiger partial charge on any atom is -0.475 e. The third-order valence-corrected chi connectivity index (χ3v) is 2.86. The van der Waals surface area contributed by atoms with Crippen molar-refractivity contribution < 1.29 is 22.7 Å². The van der Waals surface area contributed by atoms with E-state index in [-0.39, 0.29) is 10.8 Å². The van der Waals surface area contributed by atoms with Crippen LogP contribution in [0.1, 0.15) is 10.6 Å². The van der Waals surface area contributed by atoms with Gasteiger partial charge < -0.3 is 9.52 Å². The lowest BCUT2D eigenvalue weighted by atomic mass is 10.2. The number of nitrogens with two attached hydrogens (primary N) is 1. The van der Waals surface area contributed by atoms with Gasteiger partial charge in [0.05, 0.1) is 0 Å². The van der Waals surface area contributed by atoms with E-state index in [4.69, 9.17) is 14.7 Å². The van der Waals surface area contributed by atoms with Crippen molar-refractivity contribution in [2.45, 2.75) is 5.09 Å². The number of carbonyl (C=O) groups is 1. The molecule has 1 aromatic carbocycles. The predicted molar refractivity (Wildman–Crippen MR) is 54.5 cm³/mol. The first-order chi connectivity index (χ1) is 7.41. The van der Waals surface area contributed by atoms with Gasteiger partial charge in [0.25, 0.3) is 10.0 Å². The molecule has 0 aliphatic heterocycles. The van der Waals surface area contributed by atoms with Crippen LogP contribution < -0.4 is 5.14 Å². The van der Waals surface area contributed by atoms with Gasteiger partial charge in [-0.3, -0.25) is 0 Å². The van der Waals surface area contributed by atoms with Gasteiger partial charge in [-0.1, -0.05) is 18.2 Å². The van der Waals surface area contributed by atoms with E-state index in [1.54, 1.807) is 12.1 Å². The van der Waals surface area contributed by atoms with Gasteiger partial charge in [-0.15, -0.1) is 0 Å². The molecule has 1 heterocycles. The van der Waals surface area contributed by atoms with Gasteiger partial charge in [-0.05, 0) is 6.07 Å². The van der Waals surface area contributed by atoms with Crippen molar-refractivity contribution >= 4 is 26.8 Å². The highest BCUT2D eigenvalue weighted by molar-refractivity contribution is 7.89. The topological polar surface area (TPSA) is 111 Å². The lowest BCUT2D eigenvalue weighted by molar-refractivity contribution is 0.0659. The van der Waals surface area contributed by atoms with E-state index in [1.165, 1.54) is 12.1 Å². The predicted octanol–water partition coefficient (Wildman–Crippen LogP) is 0.778. The van der Waals surface area contributed by atoms with Gasteiger partial charge >= 0.3 is 5.97 Å². The molecule has 0 saturated carbocycles. The maximum Gasteiger partial charge on any atom is 0.372 e. The standard InChI is InChI=1S/C9H7NO5S/c10-16(13,14)9-6-4-2-1-3-5(6)7(15-9)8(11)12/h1-4H,(H,11,12)(H2,10,13,14). The van der Waals surface area contributed by atoms with E-state index in [0.717, 1.165) is 0 Å². The Labute approximate surface area is 90.3 Å². The lowest BCUT2D eigenvalue weighted by Gasteiger charge is -1.91. The Morgan fingerprint density at radius 2 is 1.81 bits per heavy atom. The number of carboxylic acid groups (broad SMARTS) is 1. The highest BCUT2D eigenvalue weighted by Crippen LogP contribution is 2.28. The van der Waals surface area contributed by atoms with E-state index in [0.29, 0.717) is 0 Å². The molecule has 0 unspecified atom stereocenters. The number of fused-ring (bicyclic) bond motifs is 1. The summed E-state index contributed by atoms with van der Waals surface area (Å²) in [5.41, 5.74) is 0. The molecular formula is C9H7NO5S. The Morgan fingerprint density at radius 3 is 2.31 bits per heavy atom. The van der Waals surface area contributed by atoms with Crippen LogP contribution in [0.5, 0.6) is 0 Å². The fourth-order valence-electron chi connectivity index (χ4n) is 1.43. The van der Waals surface area contributed by atoms with Crippen LogP contribution in [-0.4, -0.2) is 19.5 Å². The Balaban J connectivity index is 2.93. The second kappa shape index (κ2) is 3.32. The molecule has 7 heteroatoms. The highest BCUT2D eigenvalue weighted by Gasteiger charge is 2.24. The third kappa shape index (κ3) is 1.55. The van der Waals surface area contributed by atoms with Crippen LogP contribution in [0.3, 0.4) is 0 Å². The molecule has 16 heavy (non-hydrogen) atoms. The number of sulfonamides is 1. The van der Waals surface area contributed by atoms with Crippen LogP contribution >= 0.6 is 0 Å². The molecule has 0 fully saturated rings. The summed E-state index contributed by atoms with van der Waals surface area (Å²) in [5.74, 6) is -1.77. The molecule has 0 aliphatic rings. The highest BCUT2D eigenvalue weighted by atomic mass is 32.2. The molecule has 0 atom stereocenters. The number of hydrogen-bond donors (Lipinski definition) is 2. The Morgan fingerprint density at radius 1 is 1.25 bits per heavy atom. The molecule has 2 rings (SSSR count). The molecule has 0 bridgehead atoms. The Bertz CT molecular complexity index is 670. The zero-order valence-corrected chi connectivity index (χ0v) is 8.69. The summed E-state index contributed by atoms with van der Waals surface area (Å²) in [6.07, 6.45) is 0. The summed E-state index contributed by atoms with van der Waals surface area (Å²) < 4.78 is 27.1. The maximum absolute atomic E-state index is 11.2. The molecule has 6 nitrogen and oxygen atoms in total. The summed E-state index contributed by atoms with van der Waals surface area (Å²) in [6.45, 7) is 0. The third-order valence-electron chi connectivity index (χ3n) is 2.04. The van der Waals surface area contributed by atoms with Crippen LogP contribution in [0.15, 0.2) is 33.8 Å². The SMILES string of the molecule is NS(=O)(=O)c1oc(C(=O)O)c2ccccc12.